The molecule has 132 valence electrons. The highest BCUT2D eigenvalue weighted by molar-refractivity contribution is 5.94. The van der Waals surface area contributed by atoms with E-state index in [4.69, 9.17) is 0 Å². The summed E-state index contributed by atoms with van der Waals surface area (Å²) in [7, 11) is 1.90. The van der Waals surface area contributed by atoms with Crippen LogP contribution in [0.15, 0.2) is 24.3 Å². The summed E-state index contributed by atoms with van der Waals surface area (Å²) in [5, 5.41) is 13.0. The molecule has 1 saturated heterocycles. The first kappa shape index (κ1) is 17.2. The molecule has 2 unspecified atom stereocenters. The monoisotopic (exact) mass is 331 g/mol. The van der Waals surface area contributed by atoms with Gasteiger partial charge in [-0.15, -0.1) is 0 Å². The number of carbonyl (C=O) groups excluding carboxylic acids is 1. The van der Waals surface area contributed by atoms with Gasteiger partial charge in [0.1, 0.15) is 0 Å². The van der Waals surface area contributed by atoms with E-state index >= 15 is 0 Å². The number of aliphatic hydroxyl groups excluding tert-OH is 1. The number of hydrogen-bond donors (Lipinski definition) is 2. The van der Waals surface area contributed by atoms with Crippen molar-refractivity contribution in [2.75, 3.05) is 36.9 Å². The first-order valence-corrected chi connectivity index (χ1v) is 9.09. The van der Waals surface area contributed by atoms with Crippen molar-refractivity contribution >= 4 is 17.3 Å². The third kappa shape index (κ3) is 4.28. The fraction of sp³-hybridized carbons (Fsp3) is 0.632. The van der Waals surface area contributed by atoms with Crippen molar-refractivity contribution in [2.24, 2.45) is 5.92 Å². The van der Waals surface area contributed by atoms with Crippen molar-refractivity contribution < 1.29 is 9.90 Å². The Morgan fingerprint density at radius 1 is 1.29 bits per heavy atom. The summed E-state index contributed by atoms with van der Waals surface area (Å²) in [6.07, 6.45) is 4.42. The number of rotatable bonds is 7. The van der Waals surface area contributed by atoms with E-state index < -0.39 is 0 Å². The third-order valence-corrected chi connectivity index (χ3v) is 5.29. The van der Waals surface area contributed by atoms with Crippen LogP contribution in [0.4, 0.5) is 11.4 Å². The maximum absolute atomic E-state index is 12.4. The van der Waals surface area contributed by atoms with Gasteiger partial charge >= 0.3 is 0 Å². The minimum absolute atomic E-state index is 0.0329. The van der Waals surface area contributed by atoms with Crippen LogP contribution in [0.25, 0.3) is 0 Å². The molecule has 1 saturated carbocycles. The molecule has 2 fully saturated rings. The Bertz CT molecular complexity index is 550. The Hall–Kier alpha value is -1.59. The van der Waals surface area contributed by atoms with E-state index in [1.54, 1.807) is 0 Å². The van der Waals surface area contributed by atoms with Crippen LogP contribution >= 0.6 is 0 Å². The van der Waals surface area contributed by atoms with Crippen LogP contribution < -0.4 is 10.2 Å². The molecule has 0 radical (unpaired) electrons. The van der Waals surface area contributed by atoms with Crippen molar-refractivity contribution in [3.8, 4) is 0 Å². The van der Waals surface area contributed by atoms with Crippen molar-refractivity contribution in [1.82, 2.24) is 4.90 Å². The van der Waals surface area contributed by atoms with Crippen LogP contribution in [0.2, 0.25) is 0 Å². The molecule has 1 aromatic rings. The molecule has 0 spiro atoms. The summed E-state index contributed by atoms with van der Waals surface area (Å²) in [6, 6.07) is 7.82. The van der Waals surface area contributed by atoms with Crippen LogP contribution in [0.5, 0.6) is 0 Å². The second-order valence-corrected chi connectivity index (χ2v) is 7.25. The lowest BCUT2D eigenvalue weighted by molar-refractivity contribution is -0.120. The third-order valence-electron chi connectivity index (χ3n) is 5.29. The minimum atomic E-state index is -0.315. The molecule has 1 aliphatic carbocycles. The molecule has 5 nitrogen and oxygen atoms in total. The Morgan fingerprint density at radius 2 is 1.92 bits per heavy atom. The molecule has 1 amide bonds. The molecule has 5 heteroatoms. The number of nitrogens with one attached hydrogen (secondary N) is 1. The number of carbonyl (C=O) groups is 1. The van der Waals surface area contributed by atoms with Gasteiger partial charge in [0.15, 0.2) is 0 Å². The smallest absolute Gasteiger partial charge is 0.241 e. The largest absolute Gasteiger partial charge is 0.392 e. The Kier molecular flexibility index (Phi) is 5.41. The van der Waals surface area contributed by atoms with E-state index in [0.29, 0.717) is 12.5 Å². The summed E-state index contributed by atoms with van der Waals surface area (Å²) in [6.45, 7) is 4.68. The van der Waals surface area contributed by atoms with E-state index in [1.807, 2.05) is 31.0 Å². The van der Waals surface area contributed by atoms with Crippen molar-refractivity contribution in [2.45, 2.75) is 44.8 Å². The molecule has 3 rings (SSSR count). The zero-order chi connectivity index (χ0) is 17.1. The lowest BCUT2D eigenvalue weighted by Gasteiger charge is -2.26. The summed E-state index contributed by atoms with van der Waals surface area (Å²) >= 11 is 0. The lowest BCUT2D eigenvalue weighted by atomic mass is 10.2. The molecule has 2 aliphatic rings. The van der Waals surface area contributed by atoms with E-state index in [2.05, 4.69) is 22.3 Å². The number of aliphatic hydroxyl groups is 1. The van der Waals surface area contributed by atoms with Crippen LogP contribution in [0.1, 0.15) is 32.6 Å². The molecule has 1 aliphatic heterocycles. The van der Waals surface area contributed by atoms with Crippen LogP contribution in [-0.2, 0) is 4.79 Å². The van der Waals surface area contributed by atoms with Gasteiger partial charge in [-0.25, -0.2) is 0 Å². The second-order valence-electron chi connectivity index (χ2n) is 7.25. The molecule has 0 bridgehead atoms. The van der Waals surface area contributed by atoms with Gasteiger partial charge in [-0.3, -0.25) is 9.69 Å². The predicted molar refractivity (Wildman–Crippen MR) is 97.3 cm³/mol. The van der Waals surface area contributed by atoms with Gasteiger partial charge in [0, 0.05) is 31.0 Å². The lowest BCUT2D eigenvalue weighted by Crippen LogP contribution is -2.43. The van der Waals surface area contributed by atoms with Crippen molar-refractivity contribution in [1.29, 1.82) is 0 Å². The molecule has 1 aromatic carbocycles. The van der Waals surface area contributed by atoms with Gasteiger partial charge in [-0.05, 0) is 69.8 Å². The fourth-order valence-corrected chi connectivity index (χ4v) is 3.26. The first-order valence-electron chi connectivity index (χ1n) is 9.09. The Morgan fingerprint density at radius 3 is 2.50 bits per heavy atom. The summed E-state index contributed by atoms with van der Waals surface area (Å²) in [5.74, 6) is 0.398. The van der Waals surface area contributed by atoms with E-state index in [1.165, 1.54) is 18.5 Å². The maximum Gasteiger partial charge on any atom is 0.241 e. The number of likely N-dealkylation sites (N-methyl/N-ethyl adjacent to an activating group) is 1. The quantitative estimate of drug-likeness (QED) is 0.805. The predicted octanol–water partition coefficient (Wildman–Crippen LogP) is 2.32. The van der Waals surface area contributed by atoms with Gasteiger partial charge < -0.3 is 15.3 Å². The number of amides is 1. The highest BCUT2D eigenvalue weighted by Crippen LogP contribution is 2.32. The zero-order valence-electron chi connectivity index (χ0n) is 14.7. The maximum atomic E-state index is 12.4. The van der Waals surface area contributed by atoms with Crippen molar-refractivity contribution in [3.05, 3.63) is 24.3 Å². The van der Waals surface area contributed by atoms with Gasteiger partial charge in [-0.2, -0.15) is 0 Å². The van der Waals surface area contributed by atoms with Crippen LogP contribution in [-0.4, -0.2) is 54.7 Å². The normalized spacial score (nSPS) is 20.2. The molecular weight excluding hydrogens is 302 g/mol. The minimum Gasteiger partial charge on any atom is -0.392 e. The first-order chi connectivity index (χ1) is 11.5. The Labute approximate surface area is 144 Å². The highest BCUT2D eigenvalue weighted by atomic mass is 16.3. The standard InChI is InChI=1S/C19H29N3O2/c1-14(21(2)13-18(23)15-5-6-15)19(24)20-16-7-9-17(10-8-16)22-11-3-4-12-22/h7-10,14-15,18,23H,3-6,11-13H2,1-2H3,(H,20,24). The van der Waals surface area contributed by atoms with Crippen LogP contribution in [0.3, 0.4) is 0 Å². The van der Waals surface area contributed by atoms with Gasteiger partial charge in [0.2, 0.25) is 5.91 Å². The fourth-order valence-electron chi connectivity index (χ4n) is 3.26. The van der Waals surface area contributed by atoms with Gasteiger partial charge in [0.05, 0.1) is 12.1 Å². The number of nitrogens with zero attached hydrogens (tertiary/aromatic N) is 2. The van der Waals surface area contributed by atoms with Gasteiger partial charge in [-0.1, -0.05) is 0 Å². The number of hydrogen-bond acceptors (Lipinski definition) is 4. The summed E-state index contributed by atoms with van der Waals surface area (Å²) in [4.78, 5) is 16.7. The Balaban J connectivity index is 1.51. The molecule has 2 atom stereocenters. The molecule has 24 heavy (non-hydrogen) atoms. The van der Waals surface area contributed by atoms with E-state index in [0.717, 1.165) is 31.6 Å². The highest BCUT2D eigenvalue weighted by Gasteiger charge is 2.31. The number of benzene rings is 1. The average Bonchev–Trinajstić information content (AvgIpc) is 3.30. The molecular formula is C19H29N3O2. The van der Waals surface area contributed by atoms with E-state index in [9.17, 15) is 9.90 Å². The second kappa shape index (κ2) is 7.53. The van der Waals surface area contributed by atoms with E-state index in [-0.39, 0.29) is 18.1 Å². The summed E-state index contributed by atoms with van der Waals surface area (Å²) < 4.78 is 0. The number of anilines is 2. The van der Waals surface area contributed by atoms with Gasteiger partial charge in [0.25, 0.3) is 0 Å². The zero-order valence-corrected chi connectivity index (χ0v) is 14.7. The molecule has 0 aromatic heterocycles. The topological polar surface area (TPSA) is 55.8 Å². The summed E-state index contributed by atoms with van der Waals surface area (Å²) in [5.41, 5.74) is 2.05. The average molecular weight is 331 g/mol. The van der Waals surface area contributed by atoms with Crippen LogP contribution in [0, 0.1) is 5.92 Å². The van der Waals surface area contributed by atoms with Crippen molar-refractivity contribution in [3.63, 3.8) is 0 Å². The molecule has 2 N–H and O–H groups in total. The SMILES string of the molecule is CC(C(=O)Nc1ccc(N2CCCC2)cc1)N(C)CC(O)C1CC1. The molecule has 1 heterocycles.